The van der Waals surface area contributed by atoms with E-state index in [0.717, 1.165) is 23.2 Å². The molecule has 0 atom stereocenters. The van der Waals surface area contributed by atoms with Crippen LogP contribution in [0.5, 0.6) is 0 Å². The number of nitrogens with zero attached hydrogens (tertiary/aromatic N) is 2. The van der Waals surface area contributed by atoms with Crippen molar-refractivity contribution in [1.82, 2.24) is 0 Å². The van der Waals surface area contributed by atoms with Crippen molar-refractivity contribution in [1.29, 1.82) is 5.26 Å². The molecule has 4 heteroatoms. The maximum atomic E-state index is 12.1. The summed E-state index contributed by atoms with van der Waals surface area (Å²) in [5.74, 6) is 0. The van der Waals surface area contributed by atoms with Gasteiger partial charge in [0.15, 0.2) is 0 Å². The summed E-state index contributed by atoms with van der Waals surface area (Å²) >= 11 is 0. The van der Waals surface area contributed by atoms with Crippen LogP contribution in [0.3, 0.4) is 0 Å². The molecule has 1 aromatic rings. The molecule has 0 saturated carbocycles. The lowest BCUT2D eigenvalue weighted by Crippen LogP contribution is -2.35. The smallest absolute Gasteiger partial charge is 0.414 e. The van der Waals surface area contributed by atoms with E-state index in [-0.39, 0.29) is 6.09 Å². The fourth-order valence-corrected chi connectivity index (χ4v) is 2.26. The van der Waals surface area contributed by atoms with E-state index in [9.17, 15) is 4.79 Å². The number of carbonyl (C=O) groups excluding carboxylic acids is 1. The molecule has 0 bridgehead atoms. The van der Waals surface area contributed by atoms with Crippen molar-refractivity contribution in [3.63, 3.8) is 0 Å². The van der Waals surface area contributed by atoms with E-state index in [1.165, 1.54) is 0 Å². The molecule has 0 aromatic heterocycles. The van der Waals surface area contributed by atoms with Crippen LogP contribution in [0, 0.1) is 11.3 Å². The Morgan fingerprint density at radius 2 is 2.21 bits per heavy atom. The van der Waals surface area contributed by atoms with Crippen LogP contribution in [0.1, 0.15) is 31.9 Å². The molecular formula is C15H18N2O2. The first kappa shape index (κ1) is 13.4. The Hall–Kier alpha value is -2.02. The van der Waals surface area contributed by atoms with E-state index < -0.39 is 5.60 Å². The molecule has 1 heterocycles. The second kappa shape index (κ2) is 4.93. The van der Waals surface area contributed by atoms with Crippen molar-refractivity contribution in [3.05, 3.63) is 29.3 Å². The number of carbonyl (C=O) groups is 1. The molecule has 19 heavy (non-hydrogen) atoms. The van der Waals surface area contributed by atoms with Crippen molar-refractivity contribution in [2.24, 2.45) is 0 Å². The number of nitriles is 1. The van der Waals surface area contributed by atoms with Crippen LogP contribution >= 0.6 is 0 Å². The van der Waals surface area contributed by atoms with Crippen LogP contribution in [-0.4, -0.2) is 18.2 Å². The number of amides is 1. The van der Waals surface area contributed by atoms with E-state index in [1.54, 1.807) is 4.90 Å². The molecule has 4 nitrogen and oxygen atoms in total. The van der Waals surface area contributed by atoms with Crippen molar-refractivity contribution in [3.8, 4) is 6.07 Å². The second-order valence-corrected chi connectivity index (χ2v) is 5.63. The van der Waals surface area contributed by atoms with Crippen LogP contribution in [0.4, 0.5) is 10.5 Å². The van der Waals surface area contributed by atoms with Gasteiger partial charge >= 0.3 is 6.09 Å². The molecule has 0 aliphatic carbocycles. The first-order chi connectivity index (χ1) is 8.92. The average Bonchev–Trinajstić information content (AvgIpc) is 2.72. The zero-order valence-corrected chi connectivity index (χ0v) is 11.6. The fraction of sp³-hybridized carbons (Fsp3) is 0.467. The third-order valence-electron chi connectivity index (χ3n) is 3.01. The van der Waals surface area contributed by atoms with E-state index in [1.807, 2.05) is 39.0 Å². The first-order valence-corrected chi connectivity index (χ1v) is 6.40. The Bertz CT molecular complexity index is 538. The van der Waals surface area contributed by atoms with Crippen LogP contribution in [0.2, 0.25) is 0 Å². The van der Waals surface area contributed by atoms with Gasteiger partial charge in [-0.2, -0.15) is 5.26 Å². The number of fused-ring (bicyclic) bond motifs is 1. The quantitative estimate of drug-likeness (QED) is 0.778. The Labute approximate surface area is 113 Å². The van der Waals surface area contributed by atoms with E-state index in [0.29, 0.717) is 13.0 Å². The van der Waals surface area contributed by atoms with Gasteiger partial charge in [-0.3, -0.25) is 4.90 Å². The van der Waals surface area contributed by atoms with Gasteiger partial charge in [-0.15, -0.1) is 0 Å². The number of hydrogen-bond donors (Lipinski definition) is 0. The van der Waals surface area contributed by atoms with E-state index >= 15 is 0 Å². The van der Waals surface area contributed by atoms with Gasteiger partial charge < -0.3 is 4.74 Å². The topological polar surface area (TPSA) is 53.3 Å². The Kier molecular flexibility index (Phi) is 3.48. The number of hydrogen-bond acceptors (Lipinski definition) is 3. The van der Waals surface area contributed by atoms with Gasteiger partial charge in [-0.25, -0.2) is 4.79 Å². The third kappa shape index (κ3) is 2.87. The lowest BCUT2D eigenvalue weighted by atomic mass is 10.0. The monoisotopic (exact) mass is 258 g/mol. The molecule has 0 spiro atoms. The minimum atomic E-state index is -0.496. The summed E-state index contributed by atoms with van der Waals surface area (Å²) in [7, 11) is 0. The molecular weight excluding hydrogens is 240 g/mol. The van der Waals surface area contributed by atoms with Crippen LogP contribution in [0.25, 0.3) is 0 Å². The zero-order chi connectivity index (χ0) is 14.0. The summed E-state index contributed by atoms with van der Waals surface area (Å²) < 4.78 is 5.40. The standard InChI is InChI=1S/C15H18N2O2/c1-15(2,3)19-14(18)17-10-8-12-11(7-9-16)5-4-6-13(12)17/h4-6H,7-8,10H2,1-3H3. The van der Waals surface area contributed by atoms with Crippen molar-refractivity contribution >= 4 is 11.8 Å². The molecule has 1 aliphatic rings. The second-order valence-electron chi connectivity index (χ2n) is 5.63. The normalized spacial score (nSPS) is 13.9. The summed E-state index contributed by atoms with van der Waals surface area (Å²) in [4.78, 5) is 13.8. The van der Waals surface area contributed by atoms with Gasteiger partial charge in [0.05, 0.1) is 18.2 Å². The predicted octanol–water partition coefficient (Wildman–Crippen LogP) is 3.05. The lowest BCUT2D eigenvalue weighted by Gasteiger charge is -2.24. The van der Waals surface area contributed by atoms with Crippen LogP contribution in [-0.2, 0) is 17.6 Å². The van der Waals surface area contributed by atoms with Gasteiger partial charge in [0, 0.05) is 6.54 Å². The van der Waals surface area contributed by atoms with Crippen molar-refractivity contribution < 1.29 is 9.53 Å². The predicted molar refractivity (Wildman–Crippen MR) is 73.0 cm³/mol. The molecule has 0 N–H and O–H groups in total. The first-order valence-electron chi connectivity index (χ1n) is 6.40. The van der Waals surface area contributed by atoms with Gasteiger partial charge in [0.25, 0.3) is 0 Å². The highest BCUT2D eigenvalue weighted by Gasteiger charge is 2.29. The summed E-state index contributed by atoms with van der Waals surface area (Å²) in [6.07, 6.45) is 0.845. The molecule has 0 fully saturated rings. The molecule has 0 radical (unpaired) electrons. The Morgan fingerprint density at radius 3 is 2.84 bits per heavy atom. The molecule has 0 saturated heterocycles. The minimum Gasteiger partial charge on any atom is -0.443 e. The van der Waals surface area contributed by atoms with Gasteiger partial charge in [0.2, 0.25) is 0 Å². The molecule has 0 unspecified atom stereocenters. The lowest BCUT2D eigenvalue weighted by molar-refractivity contribution is 0.0584. The highest BCUT2D eigenvalue weighted by molar-refractivity contribution is 5.90. The van der Waals surface area contributed by atoms with E-state index in [4.69, 9.17) is 10.00 Å². The SMILES string of the molecule is CC(C)(C)OC(=O)N1CCc2c(CC#N)cccc21. The number of anilines is 1. The molecule has 1 aliphatic heterocycles. The van der Waals surface area contributed by atoms with Crippen molar-refractivity contribution in [2.45, 2.75) is 39.2 Å². The number of benzene rings is 1. The maximum Gasteiger partial charge on any atom is 0.414 e. The Morgan fingerprint density at radius 1 is 1.47 bits per heavy atom. The third-order valence-corrected chi connectivity index (χ3v) is 3.01. The molecule has 1 aromatic carbocycles. The maximum absolute atomic E-state index is 12.1. The van der Waals surface area contributed by atoms with E-state index in [2.05, 4.69) is 6.07 Å². The van der Waals surface area contributed by atoms with Gasteiger partial charge in [-0.05, 0) is 44.4 Å². The highest BCUT2D eigenvalue weighted by atomic mass is 16.6. The Balaban J connectivity index is 2.25. The molecule has 100 valence electrons. The largest absolute Gasteiger partial charge is 0.443 e. The summed E-state index contributed by atoms with van der Waals surface area (Å²) in [6, 6.07) is 7.90. The summed E-state index contributed by atoms with van der Waals surface area (Å²) in [5, 5.41) is 8.82. The fourth-order valence-electron chi connectivity index (χ4n) is 2.26. The molecule has 1 amide bonds. The van der Waals surface area contributed by atoms with Gasteiger partial charge in [-0.1, -0.05) is 12.1 Å². The molecule has 2 rings (SSSR count). The van der Waals surface area contributed by atoms with Crippen LogP contribution < -0.4 is 4.90 Å². The number of ether oxygens (including phenoxy) is 1. The minimum absolute atomic E-state index is 0.319. The average molecular weight is 258 g/mol. The van der Waals surface area contributed by atoms with Crippen LogP contribution in [0.15, 0.2) is 18.2 Å². The highest BCUT2D eigenvalue weighted by Crippen LogP contribution is 2.32. The van der Waals surface area contributed by atoms with Gasteiger partial charge in [0.1, 0.15) is 5.60 Å². The summed E-state index contributed by atoms with van der Waals surface area (Å²) in [5.41, 5.74) is 2.48. The number of rotatable bonds is 1. The summed E-state index contributed by atoms with van der Waals surface area (Å²) in [6.45, 7) is 6.18. The zero-order valence-electron chi connectivity index (χ0n) is 11.6. The van der Waals surface area contributed by atoms with Crippen molar-refractivity contribution in [2.75, 3.05) is 11.4 Å².